The van der Waals surface area contributed by atoms with Gasteiger partial charge in [-0.05, 0) is 96.6 Å². The molecule has 6 rings (SSSR count). The second kappa shape index (κ2) is 16.1. The van der Waals surface area contributed by atoms with Gasteiger partial charge in [-0.15, -0.1) is 0 Å². The van der Waals surface area contributed by atoms with Crippen LogP contribution >= 0.6 is 0 Å². The number of nitrogens with one attached hydrogen (secondary N) is 2. The van der Waals surface area contributed by atoms with Gasteiger partial charge in [-0.25, -0.2) is 0 Å². The largest absolute Gasteiger partial charge is 0.493 e. The highest BCUT2D eigenvalue weighted by Crippen LogP contribution is 2.35. The molecule has 0 aliphatic carbocycles. The third-order valence-corrected chi connectivity index (χ3v) is 8.82. The summed E-state index contributed by atoms with van der Waals surface area (Å²) in [5.41, 5.74) is 7.20. The molecule has 4 aromatic carbocycles. The minimum absolute atomic E-state index is 0.153. The van der Waals surface area contributed by atoms with Gasteiger partial charge in [-0.3, -0.25) is 4.79 Å². The van der Waals surface area contributed by atoms with Crippen LogP contribution in [0.4, 0.5) is 5.69 Å². The van der Waals surface area contributed by atoms with Crippen LogP contribution in [-0.4, -0.2) is 51.8 Å². The summed E-state index contributed by atoms with van der Waals surface area (Å²) in [5.74, 6) is 1.96. The third-order valence-electron chi connectivity index (χ3n) is 8.82. The van der Waals surface area contributed by atoms with Crippen LogP contribution < -0.4 is 24.8 Å². The zero-order valence-electron chi connectivity index (χ0n) is 28.4. The lowest BCUT2D eigenvalue weighted by atomic mass is 9.97. The summed E-state index contributed by atoms with van der Waals surface area (Å²) < 4.78 is 23.2. The summed E-state index contributed by atoms with van der Waals surface area (Å²) in [6.45, 7) is 1.65. The van der Waals surface area contributed by atoms with E-state index in [1.165, 1.54) is 0 Å². The normalized spacial score (nSPS) is 13.7. The number of hydrogen-bond acceptors (Lipinski definition) is 11. The monoisotopic (exact) mass is 695 g/mol. The molecule has 1 atom stereocenters. The van der Waals surface area contributed by atoms with Crippen LogP contribution in [0.15, 0.2) is 77.3 Å². The van der Waals surface area contributed by atoms with Crippen molar-refractivity contribution in [3.05, 3.63) is 112 Å². The van der Waals surface area contributed by atoms with E-state index in [4.69, 9.17) is 18.7 Å². The number of methoxy groups -OCH3 is 1. The number of carbonyl (C=O) groups excluding carboxylic acids is 1. The Balaban J connectivity index is 1.04. The van der Waals surface area contributed by atoms with Crippen LogP contribution in [-0.2, 0) is 26.4 Å². The molecule has 0 saturated heterocycles. The summed E-state index contributed by atoms with van der Waals surface area (Å²) in [6, 6.07) is 21.8. The van der Waals surface area contributed by atoms with E-state index in [1.807, 2.05) is 55.5 Å². The molecule has 12 heteroatoms. The van der Waals surface area contributed by atoms with E-state index in [-0.39, 0.29) is 32.3 Å². The molecular weight excluding hydrogens is 654 g/mol. The number of fused-ring (bicyclic) bond motifs is 1. The highest BCUT2D eigenvalue weighted by molar-refractivity contribution is 6.01. The Morgan fingerprint density at radius 2 is 1.43 bits per heavy atom. The summed E-state index contributed by atoms with van der Waals surface area (Å²) in [5, 5.41) is 49.9. The quantitative estimate of drug-likeness (QED) is 0.0775. The van der Waals surface area contributed by atoms with E-state index in [0.717, 1.165) is 22.4 Å². The van der Waals surface area contributed by atoms with E-state index in [0.29, 0.717) is 88.1 Å². The highest BCUT2D eigenvalue weighted by Gasteiger charge is 2.25. The first-order valence-corrected chi connectivity index (χ1v) is 16.7. The second-order valence-electron chi connectivity index (χ2n) is 12.2. The number of amides is 1. The number of aryl methyl sites for hydroxylation is 1. The molecule has 6 N–H and O–H groups in total. The fraction of sp³-hybridized carbons (Fsp3) is 0.282. The number of hydrogen-bond donors (Lipinski definition) is 6. The maximum absolute atomic E-state index is 12.7. The maximum Gasteiger partial charge on any atom is 0.255 e. The van der Waals surface area contributed by atoms with Crippen molar-refractivity contribution in [2.24, 2.45) is 0 Å². The van der Waals surface area contributed by atoms with Crippen molar-refractivity contribution < 1.29 is 44.0 Å². The first-order chi connectivity index (χ1) is 24.8. The fourth-order valence-electron chi connectivity index (χ4n) is 6.07. The number of anilines is 1. The van der Waals surface area contributed by atoms with Crippen molar-refractivity contribution >= 4 is 11.6 Å². The van der Waals surface area contributed by atoms with Gasteiger partial charge in [0.2, 0.25) is 0 Å². The van der Waals surface area contributed by atoms with Crippen LogP contribution in [0.1, 0.15) is 62.7 Å². The molecule has 0 bridgehead atoms. The molecule has 5 aromatic rings. The van der Waals surface area contributed by atoms with E-state index >= 15 is 0 Å². The second-order valence-corrected chi connectivity index (χ2v) is 12.2. The number of carbonyl (C=O) groups is 1. The van der Waals surface area contributed by atoms with Gasteiger partial charge in [0.1, 0.15) is 17.6 Å². The van der Waals surface area contributed by atoms with Crippen molar-refractivity contribution in [1.29, 1.82) is 0 Å². The Morgan fingerprint density at radius 3 is 2.12 bits per heavy atom. The molecule has 2 heterocycles. The van der Waals surface area contributed by atoms with Crippen molar-refractivity contribution in [2.45, 2.75) is 52.4 Å². The van der Waals surface area contributed by atoms with E-state index < -0.39 is 6.17 Å². The molecule has 1 aliphatic heterocycles. The van der Waals surface area contributed by atoms with E-state index in [9.17, 15) is 25.2 Å². The lowest BCUT2D eigenvalue weighted by Crippen LogP contribution is -2.38. The fourth-order valence-corrected chi connectivity index (χ4v) is 6.07. The standard InChI is InChI=1S/C39H41N3O9/c1-23-5-8-32-30(13-23)39(47)41-38(40-32)25-7-9-34(29(14-25)21-45)49-11-3-4-12-50-37-17-24(6-10-35(37)48-2)33-18-36(51-42-33)26-15-27(19-43)31(22-46)28(16-26)20-44/h5-10,13-18,38,40,43-46H,3-4,11-12,19-22H2,1-2H3,(H,41,47). The number of unbranched alkanes of at least 4 members (excludes halogenated alkanes) is 1. The summed E-state index contributed by atoms with van der Waals surface area (Å²) in [4.78, 5) is 12.7. The van der Waals surface area contributed by atoms with Crippen LogP contribution in [0.3, 0.4) is 0 Å². The number of aliphatic hydroxyl groups is 4. The molecule has 12 nitrogen and oxygen atoms in total. The van der Waals surface area contributed by atoms with Gasteiger partial charge < -0.3 is 49.8 Å². The first-order valence-electron chi connectivity index (χ1n) is 16.7. The molecular formula is C39H41N3O9. The van der Waals surface area contributed by atoms with Crippen LogP contribution in [0, 0.1) is 6.92 Å². The van der Waals surface area contributed by atoms with Crippen LogP contribution in [0.5, 0.6) is 17.2 Å². The smallest absolute Gasteiger partial charge is 0.255 e. The lowest BCUT2D eigenvalue weighted by molar-refractivity contribution is 0.0935. The Morgan fingerprint density at radius 1 is 0.725 bits per heavy atom. The van der Waals surface area contributed by atoms with Crippen molar-refractivity contribution in [2.75, 3.05) is 25.6 Å². The van der Waals surface area contributed by atoms with Crippen LogP contribution in [0.25, 0.3) is 22.6 Å². The van der Waals surface area contributed by atoms with Gasteiger partial charge in [-0.2, -0.15) is 0 Å². The highest BCUT2D eigenvalue weighted by atomic mass is 16.5. The summed E-state index contributed by atoms with van der Waals surface area (Å²) >= 11 is 0. The topological polar surface area (TPSA) is 176 Å². The molecule has 0 saturated carbocycles. The number of benzene rings is 4. The number of ether oxygens (including phenoxy) is 3. The summed E-state index contributed by atoms with van der Waals surface area (Å²) in [7, 11) is 1.57. The molecule has 51 heavy (non-hydrogen) atoms. The zero-order chi connectivity index (χ0) is 35.9. The predicted molar refractivity (Wildman–Crippen MR) is 189 cm³/mol. The molecule has 1 amide bonds. The Labute approximate surface area is 295 Å². The molecule has 0 radical (unpaired) electrons. The molecule has 0 spiro atoms. The summed E-state index contributed by atoms with van der Waals surface area (Å²) in [6.07, 6.45) is 0.948. The lowest BCUT2D eigenvalue weighted by Gasteiger charge is -2.29. The number of rotatable bonds is 15. The Hall–Kier alpha value is -5.40. The minimum Gasteiger partial charge on any atom is -0.493 e. The molecule has 1 unspecified atom stereocenters. The number of nitrogens with zero attached hydrogens (tertiary/aromatic N) is 1. The first kappa shape index (κ1) is 35.4. The SMILES string of the molecule is COc1ccc(-c2cc(-c3cc(CO)c(CO)c(CO)c3)on2)cc1OCCCCOc1ccc(C2NC(=O)c3cc(C)ccc3N2)cc1CO. The van der Waals surface area contributed by atoms with Crippen molar-refractivity contribution in [3.8, 4) is 39.8 Å². The Kier molecular flexibility index (Phi) is 11.2. The average Bonchev–Trinajstić information content (AvgIpc) is 3.66. The van der Waals surface area contributed by atoms with E-state index in [2.05, 4.69) is 15.8 Å². The molecule has 0 fully saturated rings. The third kappa shape index (κ3) is 7.84. The van der Waals surface area contributed by atoms with Gasteiger partial charge in [0.15, 0.2) is 17.3 Å². The van der Waals surface area contributed by atoms with Gasteiger partial charge in [0, 0.05) is 28.4 Å². The van der Waals surface area contributed by atoms with E-state index in [1.54, 1.807) is 31.4 Å². The van der Waals surface area contributed by atoms with Crippen molar-refractivity contribution in [1.82, 2.24) is 10.5 Å². The molecule has 1 aromatic heterocycles. The molecule has 266 valence electrons. The van der Waals surface area contributed by atoms with Crippen LogP contribution in [0.2, 0.25) is 0 Å². The zero-order valence-corrected chi connectivity index (χ0v) is 28.4. The average molecular weight is 696 g/mol. The number of aromatic nitrogens is 1. The Bertz CT molecular complexity index is 1980. The van der Waals surface area contributed by atoms with Gasteiger partial charge in [0.25, 0.3) is 5.91 Å². The van der Waals surface area contributed by atoms with Gasteiger partial charge in [0.05, 0.1) is 52.3 Å². The van der Waals surface area contributed by atoms with Crippen molar-refractivity contribution in [3.63, 3.8) is 0 Å². The molecule has 1 aliphatic rings. The predicted octanol–water partition coefficient (Wildman–Crippen LogP) is 5.39. The van der Waals surface area contributed by atoms with Gasteiger partial charge >= 0.3 is 0 Å². The minimum atomic E-state index is -0.434. The number of aliphatic hydroxyl groups excluding tert-OH is 4. The maximum atomic E-state index is 12.7. The van der Waals surface area contributed by atoms with Gasteiger partial charge in [-0.1, -0.05) is 22.9 Å².